The lowest BCUT2D eigenvalue weighted by molar-refractivity contribution is -0.316. The number of alkyl halides is 3. The molecule has 9 heteroatoms. The maximum Gasteiger partial charge on any atom is 0.439 e. The maximum atomic E-state index is 13.6. The van der Waals surface area contributed by atoms with Crippen molar-refractivity contribution in [3.63, 3.8) is 0 Å². The number of hydrogen-bond donors (Lipinski definition) is 2. The molecule has 1 aromatic carbocycles. The van der Waals surface area contributed by atoms with Crippen molar-refractivity contribution in [2.75, 3.05) is 6.54 Å². The van der Waals surface area contributed by atoms with Crippen LogP contribution in [0, 0.1) is 5.92 Å². The third-order valence-corrected chi connectivity index (χ3v) is 4.96. The highest BCUT2D eigenvalue weighted by Gasteiger charge is 2.68. The molecule has 0 aromatic heterocycles. The molecule has 27 heavy (non-hydrogen) atoms. The van der Waals surface area contributed by atoms with E-state index in [0.29, 0.717) is 19.3 Å². The summed E-state index contributed by atoms with van der Waals surface area (Å²) in [5.41, 5.74) is -2.45. The van der Waals surface area contributed by atoms with Crippen molar-refractivity contribution >= 4 is 17.5 Å². The third-order valence-electron chi connectivity index (χ3n) is 4.96. The van der Waals surface area contributed by atoms with Crippen LogP contribution in [0.2, 0.25) is 0 Å². The molecule has 1 fully saturated rings. The van der Waals surface area contributed by atoms with E-state index in [9.17, 15) is 27.9 Å². The summed E-state index contributed by atoms with van der Waals surface area (Å²) < 4.78 is 40.8. The first-order valence-corrected chi connectivity index (χ1v) is 8.78. The Hall–Kier alpha value is -2.42. The van der Waals surface area contributed by atoms with Crippen molar-refractivity contribution in [1.29, 1.82) is 0 Å². The van der Waals surface area contributed by atoms with Gasteiger partial charge in [0, 0.05) is 12.3 Å². The van der Waals surface area contributed by atoms with Crippen LogP contribution in [0.3, 0.4) is 0 Å². The number of halogens is 3. The molecule has 2 N–H and O–H groups in total. The van der Waals surface area contributed by atoms with E-state index in [4.69, 9.17) is 0 Å². The van der Waals surface area contributed by atoms with Crippen molar-refractivity contribution in [3.05, 3.63) is 35.9 Å². The highest BCUT2D eigenvalue weighted by molar-refractivity contribution is 6.35. The molecule has 1 heterocycles. The van der Waals surface area contributed by atoms with Gasteiger partial charge in [-0.05, 0) is 31.2 Å². The van der Waals surface area contributed by atoms with Crippen LogP contribution in [-0.2, 0) is 16.0 Å². The zero-order chi connectivity index (χ0) is 19.7. The molecular formula is C18H20F3N3O3. The smallest absolute Gasteiger partial charge is 0.362 e. The lowest BCUT2D eigenvalue weighted by Gasteiger charge is -2.37. The van der Waals surface area contributed by atoms with Gasteiger partial charge < -0.3 is 10.4 Å². The fourth-order valence-corrected chi connectivity index (χ4v) is 3.56. The first kappa shape index (κ1) is 19.3. The zero-order valence-corrected chi connectivity index (χ0v) is 14.5. The van der Waals surface area contributed by atoms with Crippen LogP contribution in [-0.4, -0.2) is 46.1 Å². The maximum absolute atomic E-state index is 13.6. The predicted octanol–water partition coefficient (Wildman–Crippen LogP) is 1.98. The van der Waals surface area contributed by atoms with E-state index in [1.54, 1.807) is 0 Å². The van der Waals surface area contributed by atoms with E-state index < -0.39 is 29.6 Å². The summed E-state index contributed by atoms with van der Waals surface area (Å²) >= 11 is 0. The second-order valence-corrected chi connectivity index (χ2v) is 6.72. The number of rotatable bonds is 3. The van der Waals surface area contributed by atoms with E-state index in [1.165, 1.54) is 0 Å². The third kappa shape index (κ3) is 3.55. The number of nitrogens with zero attached hydrogens (tertiary/aromatic N) is 2. The average molecular weight is 383 g/mol. The molecule has 1 aliphatic carbocycles. The Morgan fingerprint density at radius 2 is 1.96 bits per heavy atom. The molecule has 1 aliphatic heterocycles. The molecular weight excluding hydrogens is 363 g/mol. The number of carbonyl (C=O) groups is 2. The van der Waals surface area contributed by atoms with Gasteiger partial charge in [-0.25, -0.2) is 0 Å². The highest BCUT2D eigenvalue weighted by Crippen LogP contribution is 2.48. The monoisotopic (exact) mass is 383 g/mol. The number of fused-ring (bicyclic) bond motifs is 1. The van der Waals surface area contributed by atoms with Gasteiger partial charge in [0.2, 0.25) is 0 Å². The van der Waals surface area contributed by atoms with Crippen molar-refractivity contribution in [2.45, 2.75) is 44.0 Å². The van der Waals surface area contributed by atoms with Gasteiger partial charge in [0.05, 0.1) is 5.92 Å². The average Bonchev–Trinajstić information content (AvgIpc) is 2.96. The molecule has 2 aliphatic rings. The van der Waals surface area contributed by atoms with Gasteiger partial charge in [-0.1, -0.05) is 36.8 Å². The minimum atomic E-state index is -5.12. The number of hydrogen-bond acceptors (Lipinski definition) is 4. The molecule has 2 amide bonds. The normalized spacial score (nSPS) is 25.0. The van der Waals surface area contributed by atoms with Crippen LogP contribution >= 0.6 is 0 Å². The first-order valence-electron chi connectivity index (χ1n) is 8.78. The van der Waals surface area contributed by atoms with Gasteiger partial charge in [0.1, 0.15) is 0 Å². The van der Waals surface area contributed by atoms with E-state index in [0.717, 1.165) is 5.56 Å². The molecule has 3 rings (SSSR count). The van der Waals surface area contributed by atoms with Crippen LogP contribution < -0.4 is 5.32 Å². The summed E-state index contributed by atoms with van der Waals surface area (Å²) in [6.07, 6.45) is -3.25. The van der Waals surface area contributed by atoms with Gasteiger partial charge in [-0.2, -0.15) is 23.3 Å². The van der Waals surface area contributed by atoms with E-state index in [2.05, 4.69) is 10.4 Å². The lowest BCUT2D eigenvalue weighted by Crippen LogP contribution is -2.63. The summed E-state index contributed by atoms with van der Waals surface area (Å²) in [6.45, 7) is 0.0763. The summed E-state index contributed by atoms with van der Waals surface area (Å²) in [7, 11) is 0. The molecule has 1 aromatic rings. The quantitative estimate of drug-likeness (QED) is 0.784. The number of amides is 2. The van der Waals surface area contributed by atoms with Crippen LogP contribution in [0.15, 0.2) is 35.4 Å². The number of aliphatic hydroxyl groups is 1. The molecule has 6 nitrogen and oxygen atoms in total. The van der Waals surface area contributed by atoms with Crippen molar-refractivity contribution in [2.24, 2.45) is 11.0 Å². The van der Waals surface area contributed by atoms with Crippen LogP contribution in [0.25, 0.3) is 0 Å². The Labute approximate surface area is 154 Å². The Bertz CT molecular complexity index is 751. The van der Waals surface area contributed by atoms with Gasteiger partial charge >= 0.3 is 18.0 Å². The summed E-state index contributed by atoms with van der Waals surface area (Å²) in [6, 6.07) is 9.11. The molecule has 0 unspecified atom stereocenters. The molecule has 0 spiro atoms. The zero-order valence-electron chi connectivity index (χ0n) is 14.5. The Balaban J connectivity index is 1.71. The Morgan fingerprint density at radius 1 is 1.26 bits per heavy atom. The molecule has 1 saturated carbocycles. The molecule has 146 valence electrons. The Kier molecular flexibility index (Phi) is 5.23. The SMILES string of the molecule is O=C(NCCc1ccccc1)C(=O)N1N=C2CCCC[C@H]2[C@@]1(O)C(F)(F)F. The lowest BCUT2D eigenvalue weighted by atomic mass is 9.80. The number of carbonyl (C=O) groups excluding carboxylic acids is 2. The fourth-order valence-electron chi connectivity index (χ4n) is 3.56. The van der Waals surface area contributed by atoms with E-state index in [1.807, 2.05) is 30.3 Å². The summed E-state index contributed by atoms with van der Waals surface area (Å²) in [5, 5.41) is 16.3. The molecule has 0 radical (unpaired) electrons. The second kappa shape index (κ2) is 7.30. The van der Waals surface area contributed by atoms with E-state index >= 15 is 0 Å². The molecule has 0 saturated heterocycles. The van der Waals surface area contributed by atoms with Gasteiger partial charge in [0.15, 0.2) is 0 Å². The van der Waals surface area contributed by atoms with Crippen molar-refractivity contribution < 1.29 is 27.9 Å². The number of nitrogens with one attached hydrogen (secondary N) is 1. The predicted molar refractivity (Wildman–Crippen MR) is 90.4 cm³/mol. The number of benzene rings is 1. The highest BCUT2D eigenvalue weighted by atomic mass is 19.4. The van der Waals surface area contributed by atoms with Gasteiger partial charge in [-0.3, -0.25) is 9.59 Å². The summed E-state index contributed by atoms with van der Waals surface area (Å²) in [4.78, 5) is 24.4. The first-order chi connectivity index (χ1) is 12.7. The molecule has 0 bridgehead atoms. The van der Waals surface area contributed by atoms with E-state index in [-0.39, 0.29) is 30.1 Å². The fraction of sp³-hybridized carbons (Fsp3) is 0.500. The van der Waals surface area contributed by atoms with Crippen LogP contribution in [0.4, 0.5) is 13.2 Å². The topological polar surface area (TPSA) is 82.0 Å². The number of hydrazone groups is 1. The molecule has 2 atom stereocenters. The minimum absolute atomic E-state index is 0.0637. The van der Waals surface area contributed by atoms with Crippen LogP contribution in [0.1, 0.15) is 31.2 Å². The van der Waals surface area contributed by atoms with Crippen molar-refractivity contribution in [3.8, 4) is 0 Å². The minimum Gasteiger partial charge on any atom is -0.362 e. The summed E-state index contributed by atoms with van der Waals surface area (Å²) in [5.74, 6) is -4.06. The largest absolute Gasteiger partial charge is 0.439 e. The van der Waals surface area contributed by atoms with Crippen LogP contribution in [0.5, 0.6) is 0 Å². The van der Waals surface area contributed by atoms with Gasteiger partial charge in [-0.15, -0.1) is 0 Å². The standard InChI is InChI=1S/C18H20F3N3O3/c19-18(20,21)17(27)13-8-4-5-9-14(13)23-24(17)16(26)15(25)22-11-10-12-6-2-1-3-7-12/h1-3,6-7,13,27H,4-5,8-11H2,(H,22,25)/t13-,17-/m1/s1. The Morgan fingerprint density at radius 3 is 2.63 bits per heavy atom. The second-order valence-electron chi connectivity index (χ2n) is 6.72. The van der Waals surface area contributed by atoms with Gasteiger partial charge in [0.25, 0.3) is 5.72 Å². The van der Waals surface area contributed by atoms with Crippen molar-refractivity contribution in [1.82, 2.24) is 10.3 Å².